The number of benzene rings is 17. The fourth-order valence-corrected chi connectivity index (χ4v) is 21.2. The van der Waals surface area contributed by atoms with E-state index in [1.165, 1.54) is 154 Å². The molecule has 7 nitrogen and oxygen atoms in total. The van der Waals surface area contributed by atoms with Crippen LogP contribution in [-0.2, 0) is 46.1 Å². The van der Waals surface area contributed by atoms with E-state index in [1.807, 2.05) is 12.1 Å². The number of aromatic nitrogens is 4. The molecule has 0 amide bonds. The molecular formula is C126H104N6OPd. The summed E-state index contributed by atoms with van der Waals surface area (Å²) in [5.74, 6) is 0. The molecule has 17 aromatic carbocycles. The van der Waals surface area contributed by atoms with Gasteiger partial charge < -0.3 is 24.2 Å². The van der Waals surface area contributed by atoms with E-state index in [0.29, 0.717) is 0 Å². The monoisotopic (exact) mass is 1820 g/mol. The van der Waals surface area contributed by atoms with E-state index in [9.17, 15) is 0 Å². The van der Waals surface area contributed by atoms with Crippen LogP contribution in [0.4, 0.5) is 34.1 Å². The Morgan fingerprint density at radius 1 is 0.231 bits per heavy atom. The van der Waals surface area contributed by atoms with Gasteiger partial charge in [0.25, 0.3) is 0 Å². The number of anilines is 6. The molecule has 21 aromatic rings. The van der Waals surface area contributed by atoms with Gasteiger partial charge in [-0.1, -0.05) is 393 Å². The third-order valence-electron chi connectivity index (χ3n) is 27.3. The molecule has 0 aliphatic carbocycles. The second kappa shape index (κ2) is 38.0. The van der Waals surface area contributed by atoms with E-state index in [2.05, 4.69) is 441 Å². The van der Waals surface area contributed by atoms with Crippen molar-refractivity contribution in [2.24, 2.45) is 0 Å². The summed E-state index contributed by atoms with van der Waals surface area (Å²) in [5.41, 5.74) is 39.8. The first-order valence-electron chi connectivity index (χ1n) is 47.5. The number of allylic oxidation sites excluding steroid dienone is 4. The Bertz CT molecular complexity index is 7800. The fraction of sp³-hybridized carbons (Fsp3) is 0.127. The molecule has 0 atom stereocenters. The SMILES string of the molecule is CCC1=C(CC)c2cc3[n-]c(cc4nc(cc5[n-]c(cc1n2)c(CC)c5CC)C(CC)=C4CC)c(CC)c3CC.[Pd+2].c1ccc(-c2c3ccccc3c(-c3ccccc3)c3ccccc23)cc1.c1ccc(-c2ccc(N(c3ccc(-c4ccc5ccc6c(N(c7ccccc7)c7ccc8oc9ccccc9c8c7)ccc7ccc4c5c76)cc3)c3ccccc3-c3ccccc3)cc2)cc1. The Morgan fingerprint density at radius 2 is 0.567 bits per heavy atom. The van der Waals surface area contributed by atoms with E-state index in [1.54, 1.807) is 0 Å². The average molecular weight is 1820 g/mol. The molecule has 6 heterocycles. The van der Waals surface area contributed by atoms with E-state index < -0.39 is 0 Å². The van der Waals surface area contributed by atoms with Crippen LogP contribution in [0.3, 0.4) is 0 Å². The Hall–Kier alpha value is -15.0. The zero-order valence-corrected chi connectivity index (χ0v) is 78.6. The molecule has 654 valence electrons. The van der Waals surface area contributed by atoms with Gasteiger partial charge in [-0.3, -0.25) is 0 Å². The number of aryl methyl sites for hydroxylation is 4. The van der Waals surface area contributed by atoms with Gasteiger partial charge in [0.15, 0.2) is 0 Å². The molecule has 0 saturated heterocycles. The Morgan fingerprint density at radius 3 is 1.03 bits per heavy atom. The van der Waals surface area contributed by atoms with E-state index in [4.69, 9.17) is 24.4 Å². The number of fused-ring (bicyclic) bond motifs is 13. The van der Waals surface area contributed by atoms with Crippen LogP contribution in [0.1, 0.15) is 126 Å². The topological polar surface area (TPSA) is 73.6 Å². The predicted molar refractivity (Wildman–Crippen MR) is 567 cm³/mol. The summed E-state index contributed by atoms with van der Waals surface area (Å²) in [6.07, 6.45) is 7.60. The molecule has 0 radical (unpaired) electrons. The quantitative estimate of drug-likeness (QED) is 0.0454. The summed E-state index contributed by atoms with van der Waals surface area (Å²) in [5, 5.41) is 14.9. The first kappa shape index (κ1) is 87.0. The van der Waals surface area contributed by atoms with Crippen LogP contribution in [0.5, 0.6) is 0 Å². The van der Waals surface area contributed by atoms with Crippen molar-refractivity contribution in [1.82, 2.24) is 19.9 Å². The molecular weight excluding hydrogens is 1720 g/mol. The van der Waals surface area contributed by atoms with Gasteiger partial charge >= 0.3 is 20.4 Å². The number of hydrogen-bond acceptors (Lipinski definition) is 5. The van der Waals surface area contributed by atoms with Crippen molar-refractivity contribution in [3.05, 3.63) is 433 Å². The van der Waals surface area contributed by atoms with Gasteiger partial charge in [-0.25, -0.2) is 9.97 Å². The summed E-state index contributed by atoms with van der Waals surface area (Å²) >= 11 is 0. The number of rotatable bonds is 19. The molecule has 2 aliphatic heterocycles. The third-order valence-corrected chi connectivity index (χ3v) is 27.3. The van der Waals surface area contributed by atoms with Crippen LogP contribution in [0.15, 0.2) is 393 Å². The molecule has 0 unspecified atom stereocenters. The molecule has 2 aliphatic rings. The predicted octanol–water partition coefficient (Wildman–Crippen LogP) is 35.0. The van der Waals surface area contributed by atoms with Gasteiger partial charge in [0, 0.05) is 44.5 Å². The zero-order valence-electron chi connectivity index (χ0n) is 77.0. The van der Waals surface area contributed by atoms with Crippen molar-refractivity contribution in [3.8, 4) is 55.6 Å². The maximum Gasteiger partial charge on any atom is 2.00 e. The van der Waals surface area contributed by atoms with Gasteiger partial charge in [0.05, 0.1) is 34.2 Å². The van der Waals surface area contributed by atoms with Crippen molar-refractivity contribution in [2.75, 3.05) is 9.80 Å². The summed E-state index contributed by atoms with van der Waals surface area (Å²) < 4.78 is 6.27. The van der Waals surface area contributed by atoms with Crippen LogP contribution in [-0.4, -0.2) is 9.97 Å². The van der Waals surface area contributed by atoms with Gasteiger partial charge in [0.2, 0.25) is 0 Å². The normalized spacial score (nSPS) is 12.0. The standard InChI is InChI=1S/C64H42N2O.C36H44N4.C26H18.Pd/c1-4-14-43(15-5-1)44-24-32-50(33-25-44)65(59-22-12-10-20-54(59)45-16-6-2-7-17-45)51-34-26-46(27-35-51)53-37-28-47-30-39-57-60(40-31-48-29-38-56(53)63(47)64(48)57)66(49-18-8-3-9-19-49)52-36-41-62-58(42-52)55-21-11-13-23-61(55)67-62;1-9-21-22(10-2)30-18-32-25(13-5)26(14-6)34(39-32)20-36-28(16-8)27(15-7)35(40-36)19-33-24(12-4)23(11-3)31(38-33)17-29(21)37-30;1-3-11-19(12-4-1)25-21-15-7-9-17-23(21)26(20-13-5-2-6-14-20)24-18-10-8-16-22(24)25;/h1-42H;17-20H,9-16H2,1-8H3;1-18H;/q;-2;;+2. The number of hydrogen-bond donors (Lipinski definition) is 0. The van der Waals surface area contributed by atoms with Crippen LogP contribution < -0.4 is 19.8 Å². The molecule has 0 spiro atoms. The van der Waals surface area contributed by atoms with Crippen molar-refractivity contribution >= 4 is 154 Å². The Balaban J connectivity index is 0.000000140. The number of nitrogens with zero attached hydrogens (tertiary/aromatic N) is 6. The number of para-hydroxylation sites is 3. The number of furan rings is 1. The van der Waals surface area contributed by atoms with Gasteiger partial charge in [-0.15, -0.1) is 22.1 Å². The van der Waals surface area contributed by atoms with Crippen molar-refractivity contribution in [3.63, 3.8) is 0 Å². The van der Waals surface area contributed by atoms with Crippen molar-refractivity contribution in [1.29, 1.82) is 0 Å². The van der Waals surface area contributed by atoms with Crippen molar-refractivity contribution in [2.45, 2.75) is 107 Å². The molecule has 8 bridgehead atoms. The molecule has 0 fully saturated rings. The summed E-state index contributed by atoms with van der Waals surface area (Å²) in [6.45, 7) is 17.9. The molecule has 0 saturated carbocycles. The molecule has 8 heteroatoms. The second-order valence-electron chi connectivity index (χ2n) is 34.6. The average Bonchev–Trinajstić information content (AvgIpc) is 0.780. The Kier molecular flexibility index (Phi) is 24.7. The third kappa shape index (κ3) is 16.0. The summed E-state index contributed by atoms with van der Waals surface area (Å²) in [4.78, 5) is 25.8. The largest absolute Gasteiger partial charge is 2.00 e. The minimum absolute atomic E-state index is 0. The summed E-state index contributed by atoms with van der Waals surface area (Å²) in [6, 6.07) is 140. The smallest absolute Gasteiger partial charge is 0.657 e. The first-order chi connectivity index (χ1) is 65.6. The molecule has 0 N–H and O–H groups in total. The van der Waals surface area contributed by atoms with Gasteiger partial charge in [-0.05, 0) is 245 Å². The fourth-order valence-electron chi connectivity index (χ4n) is 21.2. The van der Waals surface area contributed by atoms with Gasteiger partial charge in [0.1, 0.15) is 11.2 Å². The Labute approximate surface area is 798 Å². The van der Waals surface area contributed by atoms with Crippen LogP contribution in [0.2, 0.25) is 0 Å². The minimum atomic E-state index is 0. The van der Waals surface area contributed by atoms with E-state index in [0.717, 1.165) is 152 Å². The summed E-state index contributed by atoms with van der Waals surface area (Å²) in [7, 11) is 0. The maximum absolute atomic E-state index is 6.27. The molecule has 4 aromatic heterocycles. The maximum atomic E-state index is 6.27. The molecule has 23 rings (SSSR count). The van der Waals surface area contributed by atoms with Crippen LogP contribution >= 0.6 is 0 Å². The van der Waals surface area contributed by atoms with E-state index in [-0.39, 0.29) is 20.4 Å². The van der Waals surface area contributed by atoms with E-state index >= 15 is 0 Å². The first-order valence-corrected chi connectivity index (χ1v) is 47.5. The second-order valence-corrected chi connectivity index (χ2v) is 34.6. The van der Waals surface area contributed by atoms with Crippen LogP contribution in [0, 0.1) is 0 Å². The van der Waals surface area contributed by atoms with Crippen molar-refractivity contribution < 1.29 is 24.8 Å². The zero-order chi connectivity index (χ0) is 90.2. The molecule has 134 heavy (non-hydrogen) atoms. The van der Waals surface area contributed by atoms with Crippen LogP contribution in [0.25, 0.3) is 176 Å². The van der Waals surface area contributed by atoms with Gasteiger partial charge in [-0.2, -0.15) is 0 Å². The minimum Gasteiger partial charge on any atom is -0.657 e.